The molecule has 0 saturated heterocycles. The molecule has 0 fully saturated rings. The van der Waals surface area contributed by atoms with Gasteiger partial charge in [-0.25, -0.2) is 4.68 Å². The highest BCUT2D eigenvalue weighted by molar-refractivity contribution is 7.98. The summed E-state index contributed by atoms with van der Waals surface area (Å²) in [6.45, 7) is 0.198. The van der Waals surface area contributed by atoms with Crippen LogP contribution in [0.1, 0.15) is 11.4 Å². The van der Waals surface area contributed by atoms with Crippen LogP contribution in [0.5, 0.6) is 11.5 Å². The zero-order valence-electron chi connectivity index (χ0n) is 13.9. The minimum absolute atomic E-state index is 0.198. The molecule has 1 aromatic heterocycles. The van der Waals surface area contributed by atoms with Gasteiger partial charge in [-0.2, -0.15) is 0 Å². The van der Waals surface area contributed by atoms with Crippen molar-refractivity contribution in [3.63, 3.8) is 0 Å². The van der Waals surface area contributed by atoms with Crippen LogP contribution >= 0.6 is 35.0 Å². The average Bonchev–Trinajstić information content (AvgIpc) is 3.01. The van der Waals surface area contributed by atoms with E-state index in [1.54, 1.807) is 19.2 Å². The topological polar surface area (TPSA) is 75.2 Å². The van der Waals surface area contributed by atoms with Crippen molar-refractivity contribution in [2.24, 2.45) is 0 Å². The van der Waals surface area contributed by atoms with Gasteiger partial charge in [-0.3, -0.25) is 0 Å². The Morgan fingerprint density at radius 2 is 1.88 bits per heavy atom. The smallest absolute Gasteiger partial charge is 0.210 e. The summed E-state index contributed by atoms with van der Waals surface area (Å²) in [5.41, 5.74) is 1.02. The Bertz CT molecular complexity index is 904. The van der Waals surface area contributed by atoms with Crippen molar-refractivity contribution >= 4 is 35.0 Å². The SMILES string of the molecule is COc1cccc(OCc2nnc(SCc3ccc(Cl)c(Cl)c3)n2N)c1. The standard InChI is InChI=1S/C17H16Cl2N4O2S/c1-24-12-3-2-4-13(8-12)25-9-16-21-22-17(23(16)20)26-10-11-5-6-14(18)15(19)7-11/h2-8H,9-10,20H2,1H3. The molecule has 0 aliphatic carbocycles. The highest BCUT2D eigenvalue weighted by atomic mass is 35.5. The third-order valence-electron chi connectivity index (χ3n) is 3.50. The fourth-order valence-electron chi connectivity index (χ4n) is 2.12. The molecule has 2 aromatic carbocycles. The van der Waals surface area contributed by atoms with Crippen molar-refractivity contribution < 1.29 is 9.47 Å². The predicted molar refractivity (Wildman–Crippen MR) is 104 cm³/mol. The summed E-state index contributed by atoms with van der Waals surface area (Å²) in [5.74, 6) is 8.60. The largest absolute Gasteiger partial charge is 0.497 e. The fourth-order valence-corrected chi connectivity index (χ4v) is 3.26. The first-order chi connectivity index (χ1) is 12.6. The Hall–Kier alpha value is -2.09. The molecule has 2 N–H and O–H groups in total. The molecule has 0 unspecified atom stereocenters. The summed E-state index contributed by atoms with van der Waals surface area (Å²) in [7, 11) is 1.60. The molecule has 6 nitrogen and oxygen atoms in total. The molecule has 0 saturated carbocycles. The first-order valence-electron chi connectivity index (χ1n) is 7.60. The van der Waals surface area contributed by atoms with E-state index in [1.165, 1.54) is 16.4 Å². The molecule has 0 aliphatic rings. The minimum Gasteiger partial charge on any atom is -0.497 e. The molecule has 3 rings (SSSR count). The molecule has 136 valence electrons. The third kappa shape index (κ3) is 4.55. The van der Waals surface area contributed by atoms with Crippen LogP contribution in [0, 0.1) is 0 Å². The van der Waals surface area contributed by atoms with Crippen molar-refractivity contribution in [1.29, 1.82) is 0 Å². The summed E-state index contributed by atoms with van der Waals surface area (Å²) < 4.78 is 12.3. The maximum atomic E-state index is 6.06. The van der Waals surface area contributed by atoms with Gasteiger partial charge in [-0.15, -0.1) is 10.2 Å². The van der Waals surface area contributed by atoms with Gasteiger partial charge < -0.3 is 15.3 Å². The Morgan fingerprint density at radius 1 is 1.08 bits per heavy atom. The molecule has 1 heterocycles. The maximum absolute atomic E-state index is 6.06. The second kappa shape index (κ2) is 8.53. The molecule has 0 atom stereocenters. The number of thioether (sulfide) groups is 1. The third-order valence-corrected chi connectivity index (χ3v) is 5.25. The number of benzene rings is 2. The van der Waals surface area contributed by atoms with Crippen molar-refractivity contribution in [3.05, 3.63) is 63.9 Å². The number of methoxy groups -OCH3 is 1. The van der Waals surface area contributed by atoms with E-state index >= 15 is 0 Å². The summed E-state index contributed by atoms with van der Waals surface area (Å²) >= 11 is 13.4. The number of aromatic nitrogens is 3. The van der Waals surface area contributed by atoms with E-state index in [0.29, 0.717) is 32.5 Å². The molecular formula is C17H16Cl2N4O2S. The zero-order chi connectivity index (χ0) is 18.5. The van der Waals surface area contributed by atoms with E-state index in [2.05, 4.69) is 10.2 Å². The summed E-state index contributed by atoms with van der Waals surface area (Å²) in [5, 5.41) is 9.82. The number of nitrogens with zero attached hydrogens (tertiary/aromatic N) is 3. The number of ether oxygens (including phenoxy) is 2. The van der Waals surface area contributed by atoms with Crippen LogP contribution in [0.4, 0.5) is 0 Å². The van der Waals surface area contributed by atoms with E-state index in [0.717, 1.165) is 11.3 Å². The van der Waals surface area contributed by atoms with E-state index in [4.69, 9.17) is 38.5 Å². The van der Waals surface area contributed by atoms with Crippen molar-refractivity contribution in [2.75, 3.05) is 13.0 Å². The molecule has 0 radical (unpaired) electrons. The van der Waals surface area contributed by atoms with Crippen LogP contribution in [-0.2, 0) is 12.4 Å². The molecule has 0 spiro atoms. The van der Waals surface area contributed by atoms with Crippen LogP contribution in [0.2, 0.25) is 10.0 Å². The highest BCUT2D eigenvalue weighted by Gasteiger charge is 2.12. The number of hydrogen-bond acceptors (Lipinski definition) is 6. The molecule has 0 bridgehead atoms. The number of nitrogens with two attached hydrogens (primary N) is 1. The normalized spacial score (nSPS) is 10.7. The Balaban J connectivity index is 1.61. The fraction of sp³-hybridized carbons (Fsp3) is 0.176. The zero-order valence-corrected chi connectivity index (χ0v) is 16.2. The predicted octanol–water partition coefficient (Wildman–Crippen LogP) is 4.18. The van der Waals surface area contributed by atoms with Crippen LogP contribution in [0.3, 0.4) is 0 Å². The lowest BCUT2D eigenvalue weighted by atomic mass is 10.2. The van der Waals surface area contributed by atoms with E-state index < -0.39 is 0 Å². The molecule has 26 heavy (non-hydrogen) atoms. The molecular weight excluding hydrogens is 395 g/mol. The number of nitrogen functional groups attached to an aromatic ring is 1. The quantitative estimate of drug-likeness (QED) is 0.465. The Morgan fingerprint density at radius 3 is 2.65 bits per heavy atom. The van der Waals surface area contributed by atoms with Crippen molar-refractivity contribution in [1.82, 2.24) is 14.9 Å². The first kappa shape index (κ1) is 18.7. The number of hydrogen-bond donors (Lipinski definition) is 1. The first-order valence-corrected chi connectivity index (χ1v) is 9.34. The highest BCUT2D eigenvalue weighted by Crippen LogP contribution is 2.27. The lowest BCUT2D eigenvalue weighted by molar-refractivity contribution is 0.289. The molecule has 9 heteroatoms. The number of rotatable bonds is 7. The van der Waals surface area contributed by atoms with Gasteiger partial charge in [0.05, 0.1) is 17.2 Å². The van der Waals surface area contributed by atoms with E-state index in [1.807, 2.05) is 30.3 Å². The van der Waals surface area contributed by atoms with Gasteiger partial charge >= 0.3 is 0 Å². The summed E-state index contributed by atoms with van der Waals surface area (Å²) in [6, 6.07) is 12.8. The van der Waals surface area contributed by atoms with Crippen molar-refractivity contribution in [3.8, 4) is 11.5 Å². The minimum atomic E-state index is 0.198. The van der Waals surface area contributed by atoms with Crippen LogP contribution < -0.4 is 15.3 Å². The van der Waals surface area contributed by atoms with Crippen LogP contribution in [0.15, 0.2) is 47.6 Å². The van der Waals surface area contributed by atoms with Gasteiger partial charge in [-0.1, -0.05) is 47.1 Å². The van der Waals surface area contributed by atoms with Gasteiger partial charge in [-0.05, 0) is 29.8 Å². The van der Waals surface area contributed by atoms with Gasteiger partial charge in [0.2, 0.25) is 5.16 Å². The van der Waals surface area contributed by atoms with E-state index in [-0.39, 0.29) is 6.61 Å². The van der Waals surface area contributed by atoms with Gasteiger partial charge in [0.15, 0.2) is 5.82 Å². The van der Waals surface area contributed by atoms with Gasteiger partial charge in [0.1, 0.15) is 18.1 Å². The Labute approximate surface area is 165 Å². The number of halogens is 2. The Kier molecular flexibility index (Phi) is 6.13. The van der Waals surface area contributed by atoms with E-state index in [9.17, 15) is 0 Å². The molecule has 0 amide bonds. The summed E-state index contributed by atoms with van der Waals surface area (Å²) in [4.78, 5) is 0. The van der Waals surface area contributed by atoms with Crippen molar-refractivity contribution in [2.45, 2.75) is 17.5 Å². The van der Waals surface area contributed by atoms with Crippen LogP contribution in [-0.4, -0.2) is 22.0 Å². The lowest BCUT2D eigenvalue weighted by Gasteiger charge is -2.08. The van der Waals surface area contributed by atoms with Crippen LogP contribution in [0.25, 0.3) is 0 Å². The second-order valence-corrected chi connectivity index (χ2v) is 7.03. The lowest BCUT2D eigenvalue weighted by Crippen LogP contribution is -2.15. The molecule has 3 aromatic rings. The summed E-state index contributed by atoms with van der Waals surface area (Å²) in [6.07, 6.45) is 0. The monoisotopic (exact) mass is 410 g/mol. The second-order valence-electron chi connectivity index (χ2n) is 5.27. The molecule has 0 aliphatic heterocycles. The average molecular weight is 411 g/mol. The maximum Gasteiger partial charge on any atom is 0.210 e. The van der Waals surface area contributed by atoms with Gasteiger partial charge in [0, 0.05) is 11.8 Å². The van der Waals surface area contributed by atoms with Gasteiger partial charge in [0.25, 0.3) is 0 Å².